The molecule has 0 aliphatic rings. The minimum Gasteiger partial charge on any atom is -0.370 e. The molecule has 0 aliphatic carbocycles. The Kier molecular flexibility index (Phi) is 5.12. The smallest absolute Gasteiger partial charge is 0.162 e. The Morgan fingerprint density at radius 3 is 2.74 bits per heavy atom. The molecule has 0 atom stereocenters. The molecule has 0 fully saturated rings. The van der Waals surface area contributed by atoms with Gasteiger partial charge in [0.05, 0.1) is 9.77 Å². The van der Waals surface area contributed by atoms with Gasteiger partial charge in [0, 0.05) is 18.3 Å². The Morgan fingerprint density at radius 1 is 1.26 bits per heavy atom. The van der Waals surface area contributed by atoms with Crippen molar-refractivity contribution in [1.82, 2.24) is 19.7 Å². The Balaban J connectivity index is 2.41. The summed E-state index contributed by atoms with van der Waals surface area (Å²) >= 11 is 2.25. The van der Waals surface area contributed by atoms with Crippen LogP contribution in [0.2, 0.25) is 0 Å². The largest absolute Gasteiger partial charge is 0.370 e. The van der Waals surface area contributed by atoms with Crippen LogP contribution in [0.5, 0.6) is 0 Å². The van der Waals surface area contributed by atoms with Crippen molar-refractivity contribution in [3.63, 3.8) is 0 Å². The molecule has 6 heteroatoms. The van der Waals surface area contributed by atoms with Gasteiger partial charge < -0.3 is 5.32 Å². The van der Waals surface area contributed by atoms with E-state index in [1.54, 1.807) is 6.33 Å². The molecule has 102 valence electrons. The molecule has 0 radical (unpaired) electrons. The van der Waals surface area contributed by atoms with Gasteiger partial charge in [-0.2, -0.15) is 5.10 Å². The third-order valence-electron chi connectivity index (χ3n) is 2.73. The van der Waals surface area contributed by atoms with Crippen molar-refractivity contribution < 1.29 is 0 Å². The van der Waals surface area contributed by atoms with Crippen LogP contribution in [0.4, 0.5) is 5.82 Å². The van der Waals surface area contributed by atoms with Crippen molar-refractivity contribution in [3.05, 3.63) is 27.9 Å². The normalized spacial score (nSPS) is 10.7. The van der Waals surface area contributed by atoms with Crippen LogP contribution in [0.3, 0.4) is 0 Å². The third kappa shape index (κ3) is 3.43. The lowest BCUT2D eigenvalue weighted by Crippen LogP contribution is -2.11. The SMILES string of the molecule is CCCNc1ncnc(-n2cc(I)cn2)c1CCC. The van der Waals surface area contributed by atoms with Crippen LogP contribution in [0, 0.1) is 3.57 Å². The maximum atomic E-state index is 4.40. The second-order valence-corrected chi connectivity index (χ2v) is 5.55. The van der Waals surface area contributed by atoms with Gasteiger partial charge in [-0.3, -0.25) is 0 Å². The van der Waals surface area contributed by atoms with E-state index in [0.717, 1.165) is 46.6 Å². The van der Waals surface area contributed by atoms with Crippen molar-refractivity contribution in [2.24, 2.45) is 0 Å². The molecular weight excluding hydrogens is 353 g/mol. The zero-order valence-corrected chi connectivity index (χ0v) is 13.4. The van der Waals surface area contributed by atoms with Gasteiger partial charge in [-0.15, -0.1) is 0 Å². The monoisotopic (exact) mass is 371 g/mol. The maximum absolute atomic E-state index is 4.40. The number of hydrogen-bond acceptors (Lipinski definition) is 4. The van der Waals surface area contributed by atoms with Crippen LogP contribution in [0.15, 0.2) is 18.7 Å². The summed E-state index contributed by atoms with van der Waals surface area (Å²) in [6.07, 6.45) is 8.48. The second-order valence-electron chi connectivity index (χ2n) is 4.30. The van der Waals surface area contributed by atoms with E-state index in [1.165, 1.54) is 0 Å². The Hall–Kier alpha value is -1.18. The third-order valence-corrected chi connectivity index (χ3v) is 3.29. The quantitative estimate of drug-likeness (QED) is 0.794. The maximum Gasteiger partial charge on any atom is 0.162 e. The van der Waals surface area contributed by atoms with E-state index in [9.17, 15) is 0 Å². The molecule has 2 aromatic heterocycles. The first kappa shape index (κ1) is 14.2. The van der Waals surface area contributed by atoms with Gasteiger partial charge in [0.25, 0.3) is 0 Å². The summed E-state index contributed by atoms with van der Waals surface area (Å²) in [5.74, 6) is 1.80. The average Bonchev–Trinajstić information content (AvgIpc) is 2.84. The Morgan fingerprint density at radius 2 is 2.11 bits per heavy atom. The number of halogens is 1. The minimum atomic E-state index is 0.873. The standard InChI is InChI=1S/C13H18IN5/c1-3-5-11-12(15-6-4-2)16-9-17-13(11)19-8-10(14)7-18-19/h7-9H,3-6H2,1-2H3,(H,15,16,17). The van der Waals surface area contributed by atoms with E-state index in [2.05, 4.69) is 56.8 Å². The molecule has 2 heterocycles. The number of rotatable bonds is 6. The van der Waals surface area contributed by atoms with E-state index in [4.69, 9.17) is 0 Å². The molecule has 1 N–H and O–H groups in total. The van der Waals surface area contributed by atoms with Crippen LogP contribution >= 0.6 is 22.6 Å². The molecule has 19 heavy (non-hydrogen) atoms. The lowest BCUT2D eigenvalue weighted by Gasteiger charge is -2.13. The fourth-order valence-corrected chi connectivity index (χ4v) is 2.28. The highest BCUT2D eigenvalue weighted by atomic mass is 127. The van der Waals surface area contributed by atoms with Crippen molar-refractivity contribution in [2.45, 2.75) is 33.1 Å². The first-order chi connectivity index (χ1) is 9.26. The number of hydrogen-bond donors (Lipinski definition) is 1. The summed E-state index contributed by atoms with van der Waals surface area (Å²) in [7, 11) is 0. The fraction of sp³-hybridized carbons (Fsp3) is 0.462. The molecular formula is C13H18IN5. The van der Waals surface area contributed by atoms with Gasteiger partial charge in [-0.25, -0.2) is 14.6 Å². The summed E-state index contributed by atoms with van der Waals surface area (Å²) in [6.45, 7) is 5.22. The topological polar surface area (TPSA) is 55.6 Å². The number of nitrogens with one attached hydrogen (secondary N) is 1. The van der Waals surface area contributed by atoms with Crippen molar-refractivity contribution >= 4 is 28.4 Å². The molecule has 0 saturated carbocycles. The predicted molar refractivity (Wildman–Crippen MR) is 84.6 cm³/mol. The molecule has 0 unspecified atom stereocenters. The van der Waals surface area contributed by atoms with Crippen LogP contribution in [-0.2, 0) is 6.42 Å². The Labute approximate surface area is 127 Å². The molecule has 2 aromatic rings. The first-order valence-corrected chi connectivity index (χ1v) is 7.62. The van der Waals surface area contributed by atoms with Gasteiger partial charge in [0.1, 0.15) is 12.1 Å². The lowest BCUT2D eigenvalue weighted by atomic mass is 10.1. The van der Waals surface area contributed by atoms with Crippen LogP contribution in [0.25, 0.3) is 5.82 Å². The summed E-state index contributed by atoms with van der Waals surface area (Å²) in [4.78, 5) is 8.76. The van der Waals surface area contributed by atoms with Gasteiger partial charge in [0.2, 0.25) is 0 Å². The number of aromatic nitrogens is 4. The minimum absolute atomic E-state index is 0.873. The molecule has 0 bridgehead atoms. The van der Waals surface area contributed by atoms with Gasteiger partial charge in [-0.1, -0.05) is 20.3 Å². The zero-order valence-electron chi connectivity index (χ0n) is 11.2. The average molecular weight is 371 g/mol. The summed E-state index contributed by atoms with van der Waals surface area (Å²) < 4.78 is 2.92. The predicted octanol–water partition coefficient (Wildman–Crippen LogP) is 3.04. The summed E-state index contributed by atoms with van der Waals surface area (Å²) in [5.41, 5.74) is 1.14. The van der Waals surface area contributed by atoms with Crippen LogP contribution in [0.1, 0.15) is 32.3 Å². The van der Waals surface area contributed by atoms with E-state index < -0.39 is 0 Å². The molecule has 0 aliphatic heterocycles. The van der Waals surface area contributed by atoms with Crippen LogP contribution in [-0.4, -0.2) is 26.3 Å². The highest BCUT2D eigenvalue weighted by Gasteiger charge is 2.12. The van der Waals surface area contributed by atoms with E-state index in [1.807, 2.05) is 17.1 Å². The van der Waals surface area contributed by atoms with Gasteiger partial charge in [-0.05, 0) is 35.4 Å². The van der Waals surface area contributed by atoms with Gasteiger partial charge in [0.15, 0.2) is 5.82 Å². The van der Waals surface area contributed by atoms with E-state index in [0.29, 0.717) is 0 Å². The van der Waals surface area contributed by atoms with Gasteiger partial charge >= 0.3 is 0 Å². The summed E-state index contributed by atoms with van der Waals surface area (Å²) in [6, 6.07) is 0. The highest BCUT2D eigenvalue weighted by Crippen LogP contribution is 2.21. The molecule has 0 aromatic carbocycles. The molecule has 0 saturated heterocycles. The number of anilines is 1. The summed E-state index contributed by atoms with van der Waals surface area (Å²) in [5, 5.41) is 7.71. The van der Waals surface area contributed by atoms with E-state index in [-0.39, 0.29) is 0 Å². The molecule has 0 amide bonds. The first-order valence-electron chi connectivity index (χ1n) is 6.54. The van der Waals surface area contributed by atoms with Crippen LogP contribution < -0.4 is 5.32 Å². The van der Waals surface area contributed by atoms with Crippen molar-refractivity contribution in [3.8, 4) is 5.82 Å². The van der Waals surface area contributed by atoms with Crippen molar-refractivity contribution in [2.75, 3.05) is 11.9 Å². The molecule has 2 rings (SSSR count). The van der Waals surface area contributed by atoms with Crippen molar-refractivity contribution in [1.29, 1.82) is 0 Å². The fourth-order valence-electron chi connectivity index (χ4n) is 1.89. The Bertz CT molecular complexity index is 538. The van der Waals surface area contributed by atoms with E-state index >= 15 is 0 Å². The highest BCUT2D eigenvalue weighted by molar-refractivity contribution is 14.1. The molecule has 5 nitrogen and oxygen atoms in total. The lowest BCUT2D eigenvalue weighted by molar-refractivity contribution is 0.797. The second kappa shape index (κ2) is 6.83. The molecule has 0 spiro atoms. The zero-order chi connectivity index (χ0) is 13.7. The number of nitrogens with zero attached hydrogens (tertiary/aromatic N) is 4.